The highest BCUT2D eigenvalue weighted by molar-refractivity contribution is 6.80. The second-order valence-electron chi connectivity index (χ2n) is 8.09. The summed E-state index contributed by atoms with van der Waals surface area (Å²) in [6.45, 7) is 23.1. The van der Waals surface area contributed by atoms with Crippen LogP contribution in [0.3, 0.4) is 0 Å². The molecule has 0 atom stereocenters. The largest absolute Gasteiger partial charge is 0.515 e. The molecule has 0 unspecified atom stereocenters. The maximum Gasteiger partial charge on any atom is 0.319 e. The Balaban J connectivity index is 5.78. The molecule has 0 saturated heterocycles. The number of carbonyl (C=O) groups excluding carboxylic acids is 1. The smallest absolute Gasteiger partial charge is 0.319 e. The summed E-state index contributed by atoms with van der Waals surface area (Å²) in [6, 6.07) is 0.985. The van der Waals surface area contributed by atoms with Crippen LogP contribution < -0.4 is 0 Å². The van der Waals surface area contributed by atoms with Crippen molar-refractivity contribution in [1.29, 1.82) is 0 Å². The molecule has 0 aliphatic heterocycles. The van der Waals surface area contributed by atoms with E-state index in [9.17, 15) is 4.79 Å². The topological polar surface area (TPSA) is 26.3 Å². The van der Waals surface area contributed by atoms with E-state index in [1.807, 2.05) is 0 Å². The number of rotatable bonds is 4. The van der Waals surface area contributed by atoms with Crippen LogP contribution in [0.25, 0.3) is 0 Å². The molecule has 0 radical (unpaired) electrons. The van der Waals surface area contributed by atoms with Gasteiger partial charge in [-0.15, -0.1) is 0 Å². The summed E-state index contributed by atoms with van der Waals surface area (Å²) in [7, 11) is -2.30. The summed E-state index contributed by atoms with van der Waals surface area (Å²) in [6.07, 6.45) is 0. The van der Waals surface area contributed by atoms with E-state index in [4.69, 9.17) is 4.43 Å². The van der Waals surface area contributed by atoms with Crippen LogP contribution in [-0.2, 0) is 9.22 Å². The summed E-state index contributed by atoms with van der Waals surface area (Å²) in [5, 5.41) is 0.00125. The highest BCUT2D eigenvalue weighted by atomic mass is 28.4. The van der Waals surface area contributed by atoms with Crippen molar-refractivity contribution >= 4 is 14.3 Å². The SMILES string of the molecule is C=C(C)C(=O)O[Si](CC(C)C)(C(C)(C)C)C(C)(C)C. The Morgan fingerprint density at radius 1 is 1.11 bits per heavy atom. The highest BCUT2D eigenvalue weighted by Crippen LogP contribution is 2.55. The van der Waals surface area contributed by atoms with E-state index >= 15 is 0 Å². The molecule has 2 nitrogen and oxygen atoms in total. The molecular formula is C16H32O2Si. The standard InChI is InChI=1S/C16H32O2Si/c1-12(2)11-19(15(5,6)7,16(8,9)10)18-14(17)13(3)4/h12H,3,11H2,1-2,4-10H3. The van der Waals surface area contributed by atoms with Gasteiger partial charge in [-0.2, -0.15) is 0 Å². The fourth-order valence-corrected chi connectivity index (χ4v) is 8.72. The molecule has 3 heteroatoms. The Labute approximate surface area is 120 Å². The first kappa shape index (κ1) is 18.4. The first-order valence-corrected chi connectivity index (χ1v) is 9.25. The van der Waals surface area contributed by atoms with E-state index in [2.05, 4.69) is 62.0 Å². The summed E-state index contributed by atoms with van der Waals surface area (Å²) in [5.74, 6) is 0.292. The average Bonchev–Trinajstić information content (AvgIpc) is 2.11. The molecule has 0 spiro atoms. The van der Waals surface area contributed by atoms with E-state index in [1.165, 1.54) is 0 Å². The zero-order chi connectivity index (χ0) is 15.6. The maximum atomic E-state index is 12.1. The zero-order valence-electron chi connectivity index (χ0n) is 14.3. The second kappa shape index (κ2) is 5.82. The molecule has 0 amide bonds. The maximum absolute atomic E-state index is 12.1. The summed E-state index contributed by atoms with van der Waals surface area (Å²) in [5.41, 5.74) is 0.495. The molecule has 19 heavy (non-hydrogen) atoms. The van der Waals surface area contributed by atoms with E-state index in [1.54, 1.807) is 6.92 Å². The third kappa shape index (κ3) is 4.20. The predicted molar refractivity (Wildman–Crippen MR) is 85.7 cm³/mol. The molecule has 0 aromatic heterocycles. The molecule has 0 N–H and O–H groups in total. The predicted octanol–water partition coefficient (Wildman–Crippen LogP) is 5.31. The van der Waals surface area contributed by atoms with Gasteiger partial charge in [-0.25, -0.2) is 4.79 Å². The fraction of sp³-hybridized carbons (Fsp3) is 0.812. The Kier molecular flexibility index (Phi) is 5.64. The third-order valence-electron chi connectivity index (χ3n) is 3.73. The molecule has 112 valence electrons. The number of carbonyl (C=O) groups is 1. The van der Waals surface area contributed by atoms with Gasteiger partial charge in [0.1, 0.15) is 0 Å². The molecule has 0 bridgehead atoms. The van der Waals surface area contributed by atoms with Crippen molar-refractivity contribution in [3.8, 4) is 0 Å². The summed E-state index contributed by atoms with van der Waals surface area (Å²) < 4.78 is 6.14. The van der Waals surface area contributed by atoms with Crippen molar-refractivity contribution in [2.24, 2.45) is 5.92 Å². The van der Waals surface area contributed by atoms with Crippen molar-refractivity contribution in [2.75, 3.05) is 0 Å². The van der Waals surface area contributed by atoms with Crippen LogP contribution in [-0.4, -0.2) is 14.3 Å². The van der Waals surface area contributed by atoms with Crippen LogP contribution in [0.4, 0.5) is 0 Å². The minimum Gasteiger partial charge on any atom is -0.515 e. The monoisotopic (exact) mass is 284 g/mol. The van der Waals surface area contributed by atoms with E-state index in [-0.39, 0.29) is 16.0 Å². The lowest BCUT2D eigenvalue weighted by molar-refractivity contribution is -0.131. The van der Waals surface area contributed by atoms with E-state index in [0.29, 0.717) is 11.5 Å². The Hall–Kier alpha value is -0.573. The molecule has 0 aromatic rings. The van der Waals surface area contributed by atoms with Gasteiger partial charge in [0.15, 0.2) is 0 Å². The van der Waals surface area contributed by atoms with Gasteiger partial charge in [-0.3, -0.25) is 0 Å². The van der Waals surface area contributed by atoms with Crippen LogP contribution in [0.2, 0.25) is 16.1 Å². The summed E-state index contributed by atoms with van der Waals surface area (Å²) >= 11 is 0. The summed E-state index contributed by atoms with van der Waals surface area (Å²) in [4.78, 5) is 12.1. The lowest BCUT2D eigenvalue weighted by Crippen LogP contribution is -2.56. The molecule has 0 saturated carbocycles. The molecule has 0 rings (SSSR count). The van der Waals surface area contributed by atoms with Gasteiger partial charge >= 0.3 is 5.97 Å². The van der Waals surface area contributed by atoms with E-state index < -0.39 is 8.32 Å². The lowest BCUT2D eigenvalue weighted by atomic mass is 10.2. The molecule has 0 aromatic carbocycles. The molecule has 0 heterocycles. The first-order chi connectivity index (χ1) is 8.24. The quantitative estimate of drug-likeness (QED) is 0.517. The van der Waals surface area contributed by atoms with Crippen molar-refractivity contribution in [2.45, 2.75) is 78.4 Å². The second-order valence-corrected chi connectivity index (χ2v) is 13.4. The van der Waals surface area contributed by atoms with Crippen LogP contribution in [0.5, 0.6) is 0 Å². The molecule has 0 aliphatic rings. The van der Waals surface area contributed by atoms with Gasteiger partial charge in [0.05, 0.1) is 0 Å². The Morgan fingerprint density at radius 3 is 1.68 bits per heavy atom. The normalized spacial score (nSPS) is 13.6. The third-order valence-corrected chi connectivity index (χ3v) is 10.5. The van der Waals surface area contributed by atoms with Crippen LogP contribution in [0, 0.1) is 5.92 Å². The fourth-order valence-electron chi connectivity index (χ4n) is 2.91. The lowest BCUT2D eigenvalue weighted by Gasteiger charge is -2.50. The Bertz CT molecular complexity index is 329. The number of hydrogen-bond acceptors (Lipinski definition) is 2. The first-order valence-electron chi connectivity index (χ1n) is 7.13. The van der Waals surface area contributed by atoms with E-state index in [0.717, 1.165) is 6.04 Å². The van der Waals surface area contributed by atoms with Crippen LogP contribution in [0.15, 0.2) is 12.2 Å². The van der Waals surface area contributed by atoms with Gasteiger partial charge in [-0.05, 0) is 29.0 Å². The van der Waals surface area contributed by atoms with Gasteiger partial charge in [-0.1, -0.05) is 62.0 Å². The molecule has 0 aliphatic carbocycles. The van der Waals surface area contributed by atoms with Crippen molar-refractivity contribution in [1.82, 2.24) is 0 Å². The van der Waals surface area contributed by atoms with Crippen LogP contribution >= 0.6 is 0 Å². The molecule has 0 fully saturated rings. The minimum atomic E-state index is -2.30. The molecular weight excluding hydrogens is 252 g/mol. The minimum absolute atomic E-state index is 0.000625. The van der Waals surface area contributed by atoms with Crippen molar-refractivity contribution in [3.05, 3.63) is 12.2 Å². The van der Waals surface area contributed by atoms with Gasteiger partial charge in [0.2, 0.25) is 0 Å². The van der Waals surface area contributed by atoms with Gasteiger partial charge < -0.3 is 4.43 Å². The Morgan fingerprint density at radius 2 is 1.47 bits per heavy atom. The van der Waals surface area contributed by atoms with Gasteiger partial charge in [0, 0.05) is 5.57 Å². The van der Waals surface area contributed by atoms with Crippen LogP contribution in [0.1, 0.15) is 62.3 Å². The number of hydrogen-bond donors (Lipinski definition) is 0. The van der Waals surface area contributed by atoms with Crippen molar-refractivity contribution in [3.63, 3.8) is 0 Å². The highest BCUT2D eigenvalue weighted by Gasteiger charge is 2.57. The van der Waals surface area contributed by atoms with Gasteiger partial charge in [0.25, 0.3) is 8.32 Å². The average molecular weight is 285 g/mol. The zero-order valence-corrected chi connectivity index (χ0v) is 15.3. The van der Waals surface area contributed by atoms with Crippen molar-refractivity contribution < 1.29 is 9.22 Å².